The fourth-order valence-corrected chi connectivity index (χ4v) is 1.49. The van der Waals surface area contributed by atoms with Crippen molar-refractivity contribution >= 4 is 29.0 Å². The van der Waals surface area contributed by atoms with Gasteiger partial charge >= 0.3 is 0 Å². The van der Waals surface area contributed by atoms with Crippen molar-refractivity contribution in [2.45, 2.75) is 12.6 Å². The molecule has 0 aliphatic carbocycles. The molecule has 0 spiro atoms. The van der Waals surface area contributed by atoms with E-state index >= 15 is 0 Å². The van der Waals surface area contributed by atoms with Gasteiger partial charge in [-0.15, -0.1) is 0 Å². The number of hydrogen-bond donors (Lipinski definition) is 1. The smallest absolute Gasteiger partial charge is 0.222 e. The van der Waals surface area contributed by atoms with Crippen LogP contribution in [0.2, 0.25) is 0 Å². The van der Waals surface area contributed by atoms with Crippen LogP contribution in [0.15, 0.2) is 9.98 Å². The van der Waals surface area contributed by atoms with E-state index in [1.807, 2.05) is 0 Å². The number of hydrogen-bond acceptors (Lipinski definition) is 3. The molecule has 5 heteroatoms. The molecule has 0 saturated carbocycles. The predicted molar refractivity (Wildman–Crippen MR) is 41.8 cm³/mol. The first kappa shape index (κ1) is 6.79. The zero-order chi connectivity index (χ0) is 7.84. The molecule has 0 radical (unpaired) electrons. The summed E-state index contributed by atoms with van der Waals surface area (Å²) in [4.78, 5) is 18.6. The SMILES string of the molecule is O=C1CC2C(Cl)=NC=NC2N1. The van der Waals surface area contributed by atoms with Crippen molar-refractivity contribution in [2.75, 3.05) is 0 Å². The lowest BCUT2D eigenvalue weighted by molar-refractivity contribution is -0.119. The minimum atomic E-state index is -0.174. The second-order valence-electron chi connectivity index (χ2n) is 2.54. The summed E-state index contributed by atoms with van der Waals surface area (Å²) in [5, 5.41) is 3.16. The van der Waals surface area contributed by atoms with Crippen LogP contribution in [-0.2, 0) is 4.79 Å². The van der Waals surface area contributed by atoms with Gasteiger partial charge in [0.05, 0.1) is 5.92 Å². The Labute approximate surface area is 68.4 Å². The summed E-state index contributed by atoms with van der Waals surface area (Å²) in [6.07, 6.45) is 1.62. The largest absolute Gasteiger partial charge is 0.334 e. The first-order chi connectivity index (χ1) is 5.27. The van der Waals surface area contributed by atoms with Gasteiger partial charge in [-0.25, -0.2) is 9.98 Å². The number of halogens is 1. The van der Waals surface area contributed by atoms with Crippen molar-refractivity contribution in [2.24, 2.45) is 15.9 Å². The number of nitrogens with one attached hydrogen (secondary N) is 1. The molecule has 1 N–H and O–H groups in total. The van der Waals surface area contributed by atoms with Crippen LogP contribution < -0.4 is 5.32 Å². The van der Waals surface area contributed by atoms with E-state index in [0.717, 1.165) is 0 Å². The summed E-state index contributed by atoms with van der Waals surface area (Å²) >= 11 is 5.75. The van der Waals surface area contributed by atoms with Crippen molar-refractivity contribution in [1.82, 2.24) is 5.32 Å². The van der Waals surface area contributed by atoms with Gasteiger partial charge in [-0.2, -0.15) is 0 Å². The van der Waals surface area contributed by atoms with Crippen molar-refractivity contribution < 1.29 is 4.79 Å². The van der Waals surface area contributed by atoms with Crippen LogP contribution in [0.25, 0.3) is 0 Å². The summed E-state index contributed by atoms with van der Waals surface area (Å²) in [5.74, 6) is -0.0402. The van der Waals surface area contributed by atoms with Crippen molar-refractivity contribution in [3.8, 4) is 0 Å². The normalized spacial score (nSPS) is 34.6. The Kier molecular flexibility index (Phi) is 1.42. The highest BCUT2D eigenvalue weighted by molar-refractivity contribution is 6.66. The average Bonchev–Trinajstić information content (AvgIpc) is 2.31. The van der Waals surface area contributed by atoms with Crippen LogP contribution in [0, 0.1) is 5.92 Å². The summed E-state index contributed by atoms with van der Waals surface area (Å²) in [6.45, 7) is 0. The highest BCUT2D eigenvalue weighted by Gasteiger charge is 2.36. The Morgan fingerprint density at radius 1 is 1.73 bits per heavy atom. The van der Waals surface area contributed by atoms with Crippen LogP contribution in [0.5, 0.6) is 0 Å². The summed E-state index contributed by atoms with van der Waals surface area (Å²) in [6, 6.07) is 0. The average molecular weight is 172 g/mol. The molecule has 58 valence electrons. The molecule has 2 heterocycles. The maximum atomic E-state index is 10.9. The Balaban J connectivity index is 2.27. The number of carbonyl (C=O) groups is 1. The predicted octanol–water partition coefficient (Wildman–Crippen LogP) is 0.128. The van der Waals surface area contributed by atoms with Crippen LogP contribution in [0.4, 0.5) is 0 Å². The minimum absolute atomic E-state index is 0.00704. The second-order valence-corrected chi connectivity index (χ2v) is 2.93. The summed E-state index contributed by atoms with van der Waals surface area (Å²) < 4.78 is 0. The molecule has 2 aliphatic rings. The van der Waals surface area contributed by atoms with Gasteiger partial charge < -0.3 is 5.32 Å². The molecule has 2 rings (SSSR count). The van der Waals surface area contributed by atoms with E-state index in [0.29, 0.717) is 11.6 Å². The number of fused-ring (bicyclic) bond motifs is 1. The quantitative estimate of drug-likeness (QED) is 0.554. The van der Waals surface area contributed by atoms with E-state index in [1.165, 1.54) is 6.34 Å². The van der Waals surface area contributed by atoms with E-state index in [1.54, 1.807) is 0 Å². The number of aliphatic imine (C=N–C) groups is 2. The Morgan fingerprint density at radius 3 is 3.27 bits per heavy atom. The van der Waals surface area contributed by atoms with Gasteiger partial charge in [0.25, 0.3) is 0 Å². The van der Waals surface area contributed by atoms with Crippen LogP contribution in [0.1, 0.15) is 6.42 Å². The van der Waals surface area contributed by atoms with Crippen molar-refractivity contribution in [1.29, 1.82) is 0 Å². The zero-order valence-electron chi connectivity index (χ0n) is 5.62. The molecule has 11 heavy (non-hydrogen) atoms. The lowest BCUT2D eigenvalue weighted by Gasteiger charge is -2.14. The van der Waals surface area contributed by atoms with Gasteiger partial charge in [0.2, 0.25) is 5.91 Å². The topological polar surface area (TPSA) is 53.8 Å². The molecule has 1 amide bonds. The minimum Gasteiger partial charge on any atom is -0.334 e. The van der Waals surface area contributed by atoms with Crippen LogP contribution >= 0.6 is 11.6 Å². The number of rotatable bonds is 0. The molecule has 0 aromatic carbocycles. The lowest BCUT2D eigenvalue weighted by atomic mass is 10.1. The van der Waals surface area contributed by atoms with Gasteiger partial charge in [0.15, 0.2) is 0 Å². The molecular weight excluding hydrogens is 166 g/mol. The van der Waals surface area contributed by atoms with Gasteiger partial charge in [-0.1, -0.05) is 11.6 Å². The first-order valence-corrected chi connectivity index (χ1v) is 3.69. The van der Waals surface area contributed by atoms with E-state index in [9.17, 15) is 4.79 Å². The van der Waals surface area contributed by atoms with Gasteiger partial charge in [0, 0.05) is 6.42 Å². The van der Waals surface area contributed by atoms with E-state index < -0.39 is 0 Å². The third-order valence-electron chi connectivity index (χ3n) is 1.81. The van der Waals surface area contributed by atoms with E-state index in [4.69, 9.17) is 11.6 Å². The monoisotopic (exact) mass is 171 g/mol. The molecule has 2 unspecified atom stereocenters. The van der Waals surface area contributed by atoms with Crippen LogP contribution in [0.3, 0.4) is 0 Å². The van der Waals surface area contributed by atoms with Crippen LogP contribution in [-0.4, -0.2) is 23.6 Å². The summed E-state index contributed by atoms with van der Waals surface area (Å²) in [5.41, 5.74) is 0. The molecule has 2 aliphatic heterocycles. The van der Waals surface area contributed by atoms with Gasteiger partial charge in [0.1, 0.15) is 17.7 Å². The molecule has 0 aromatic heterocycles. The standard InChI is InChI=1S/C6H6ClN3O/c7-5-3-1-4(11)10-6(3)9-2-8-5/h2-3,6H,1H2,(H,10,11). The fraction of sp³-hybridized carbons (Fsp3) is 0.500. The maximum absolute atomic E-state index is 10.9. The molecule has 1 fully saturated rings. The molecule has 0 aromatic rings. The Hall–Kier alpha value is -0.900. The van der Waals surface area contributed by atoms with Gasteiger partial charge in [-0.05, 0) is 0 Å². The number of amides is 1. The zero-order valence-corrected chi connectivity index (χ0v) is 6.38. The Bertz CT molecular complexity index is 261. The van der Waals surface area contributed by atoms with Crippen molar-refractivity contribution in [3.63, 3.8) is 0 Å². The highest BCUT2D eigenvalue weighted by Crippen LogP contribution is 2.23. The molecule has 0 bridgehead atoms. The maximum Gasteiger partial charge on any atom is 0.222 e. The molecule has 4 nitrogen and oxygen atoms in total. The second kappa shape index (κ2) is 2.30. The third-order valence-corrected chi connectivity index (χ3v) is 2.19. The van der Waals surface area contributed by atoms with Crippen molar-refractivity contribution in [3.05, 3.63) is 0 Å². The molecule has 2 atom stereocenters. The first-order valence-electron chi connectivity index (χ1n) is 3.31. The van der Waals surface area contributed by atoms with E-state index in [2.05, 4.69) is 15.3 Å². The number of nitrogens with zero attached hydrogens (tertiary/aromatic N) is 2. The lowest BCUT2D eigenvalue weighted by Crippen LogP contribution is -2.31. The third kappa shape index (κ3) is 1.03. The van der Waals surface area contributed by atoms with E-state index in [-0.39, 0.29) is 18.0 Å². The number of carbonyl (C=O) groups excluding carboxylic acids is 1. The Morgan fingerprint density at radius 2 is 2.55 bits per heavy atom. The van der Waals surface area contributed by atoms with Gasteiger partial charge in [-0.3, -0.25) is 4.79 Å². The fourth-order valence-electron chi connectivity index (χ4n) is 1.25. The molecule has 1 saturated heterocycles. The molecular formula is C6H6ClN3O. The highest BCUT2D eigenvalue weighted by atomic mass is 35.5. The summed E-state index contributed by atoms with van der Waals surface area (Å²) in [7, 11) is 0.